The molecule has 5 atom stereocenters. The summed E-state index contributed by atoms with van der Waals surface area (Å²) in [6, 6.07) is 34.3. The molecule has 3 amide bonds. The lowest BCUT2D eigenvalue weighted by molar-refractivity contribution is -0.151. The highest BCUT2D eigenvalue weighted by molar-refractivity contribution is 6.27. The van der Waals surface area contributed by atoms with Gasteiger partial charge in [-0.05, 0) is 72.7 Å². The van der Waals surface area contributed by atoms with Crippen LogP contribution >= 0.6 is 0 Å². The average molecular weight is 724 g/mol. The van der Waals surface area contributed by atoms with Crippen molar-refractivity contribution in [2.45, 2.75) is 70.1 Å². The highest BCUT2D eigenvalue weighted by Crippen LogP contribution is 2.58. The lowest BCUT2D eigenvalue weighted by Crippen LogP contribution is -2.48. The molecule has 1 spiro atoms. The van der Waals surface area contributed by atoms with Crippen molar-refractivity contribution >= 4 is 45.6 Å². The van der Waals surface area contributed by atoms with Gasteiger partial charge in [0.15, 0.2) is 5.60 Å². The number of alkyl halides is 1. The molecule has 0 aliphatic carbocycles. The molecule has 0 unspecified atom stereocenters. The van der Waals surface area contributed by atoms with Gasteiger partial charge in [-0.15, -0.1) is 0 Å². The van der Waals surface area contributed by atoms with Crippen molar-refractivity contribution in [3.63, 3.8) is 0 Å². The molecule has 4 heterocycles. The summed E-state index contributed by atoms with van der Waals surface area (Å²) in [7, 11) is 0. The SMILES string of the molecule is C[C@@H]1[C@@H](C(C)(C)F)[C@H](CC(=O)N2Cc3ccccc3C[C@H]2CO)O[C@@]12C(=O)N(Cc1ccc(N3C(=O)c4cccc5cccc3c45)cc1)c1ccccc12. The standard InChI is InChI=1S/C45H42FN3O5/c1-27-41(44(2,3)46)38(23-39(51)47-25-31-11-5-4-10-30(31)22-33(47)26-50)54-45(27)35-15-6-7-16-36(35)48(43(45)53)24-28-18-20-32(21-19-28)49-37-17-9-13-29-12-8-14-34(40(29)37)42(49)52/h4-21,27,33,38,41,50H,22-26H2,1-3H3/t27-,33+,38+,41-,45+/m1/s1. The van der Waals surface area contributed by atoms with Crippen molar-refractivity contribution in [3.05, 3.63) is 137 Å². The van der Waals surface area contributed by atoms with Gasteiger partial charge in [0, 0.05) is 35.0 Å². The molecule has 0 radical (unpaired) electrons. The third-order valence-electron chi connectivity index (χ3n) is 12.2. The second kappa shape index (κ2) is 12.6. The first-order valence-electron chi connectivity index (χ1n) is 18.7. The number of carbonyl (C=O) groups is 3. The van der Waals surface area contributed by atoms with Crippen LogP contribution in [0.3, 0.4) is 0 Å². The zero-order chi connectivity index (χ0) is 37.5. The fourth-order valence-corrected chi connectivity index (χ4v) is 9.80. The van der Waals surface area contributed by atoms with Gasteiger partial charge in [0.2, 0.25) is 5.91 Å². The van der Waals surface area contributed by atoms with Crippen LogP contribution < -0.4 is 9.80 Å². The van der Waals surface area contributed by atoms with Crippen LogP contribution in [0.4, 0.5) is 21.5 Å². The number of nitrogens with zero attached hydrogens (tertiary/aromatic N) is 3. The van der Waals surface area contributed by atoms with Crippen LogP contribution in [0.5, 0.6) is 0 Å². The van der Waals surface area contributed by atoms with Gasteiger partial charge >= 0.3 is 0 Å². The van der Waals surface area contributed by atoms with Gasteiger partial charge in [-0.25, -0.2) is 4.39 Å². The minimum atomic E-state index is -1.77. The normalized spacial score (nSPS) is 24.5. The maximum atomic E-state index is 16.4. The number of carbonyl (C=O) groups excluding carboxylic acids is 3. The molecule has 0 aromatic heterocycles. The van der Waals surface area contributed by atoms with Crippen molar-refractivity contribution in [1.82, 2.24) is 4.90 Å². The number of anilines is 3. The summed E-state index contributed by atoms with van der Waals surface area (Å²) in [5, 5.41) is 12.2. The Morgan fingerprint density at radius 1 is 0.889 bits per heavy atom. The maximum absolute atomic E-state index is 16.4. The average Bonchev–Trinajstić information content (AvgIpc) is 3.73. The number of rotatable bonds is 7. The van der Waals surface area contributed by atoms with Gasteiger partial charge < -0.3 is 19.6 Å². The van der Waals surface area contributed by atoms with E-state index < -0.39 is 35.3 Å². The smallest absolute Gasteiger partial charge is 0.264 e. The maximum Gasteiger partial charge on any atom is 0.264 e. The zero-order valence-corrected chi connectivity index (χ0v) is 30.5. The van der Waals surface area contributed by atoms with Crippen LogP contribution in [0.2, 0.25) is 0 Å². The Kier molecular flexibility index (Phi) is 8.03. The van der Waals surface area contributed by atoms with Crippen LogP contribution in [0.25, 0.3) is 10.8 Å². The van der Waals surface area contributed by atoms with Gasteiger partial charge in [0.25, 0.3) is 11.8 Å². The summed E-state index contributed by atoms with van der Waals surface area (Å²) < 4.78 is 23.2. The summed E-state index contributed by atoms with van der Waals surface area (Å²) in [5.74, 6) is -1.98. The Hall–Kier alpha value is -5.38. The van der Waals surface area contributed by atoms with Crippen LogP contribution in [0, 0.1) is 11.8 Å². The van der Waals surface area contributed by atoms with Crippen molar-refractivity contribution in [3.8, 4) is 0 Å². The van der Waals surface area contributed by atoms with E-state index in [9.17, 15) is 19.5 Å². The molecule has 9 heteroatoms. The predicted molar refractivity (Wildman–Crippen MR) is 205 cm³/mol. The molecule has 0 saturated carbocycles. The fourth-order valence-electron chi connectivity index (χ4n) is 9.80. The third-order valence-corrected chi connectivity index (χ3v) is 12.2. The summed E-state index contributed by atoms with van der Waals surface area (Å²) in [5.41, 5.74) is 3.30. The van der Waals surface area contributed by atoms with E-state index in [1.54, 1.807) is 14.7 Å². The lowest BCUT2D eigenvalue weighted by Gasteiger charge is -2.37. The molecule has 1 N–H and O–H groups in total. The quantitative estimate of drug-likeness (QED) is 0.187. The van der Waals surface area contributed by atoms with E-state index in [1.165, 1.54) is 13.8 Å². The Morgan fingerprint density at radius 3 is 2.31 bits per heavy atom. The lowest BCUT2D eigenvalue weighted by atomic mass is 9.71. The minimum Gasteiger partial charge on any atom is -0.394 e. The summed E-state index contributed by atoms with van der Waals surface area (Å²) in [4.78, 5) is 47.7. The van der Waals surface area contributed by atoms with Gasteiger partial charge in [-0.3, -0.25) is 19.3 Å². The first-order valence-corrected chi connectivity index (χ1v) is 18.7. The Labute approximate surface area is 313 Å². The molecule has 4 aliphatic rings. The largest absolute Gasteiger partial charge is 0.394 e. The van der Waals surface area contributed by atoms with Crippen molar-refractivity contribution in [2.24, 2.45) is 11.8 Å². The number of hydrogen-bond donors (Lipinski definition) is 1. The van der Waals surface area contributed by atoms with Crippen LogP contribution in [0.1, 0.15) is 59.8 Å². The Balaban J connectivity index is 1.00. The molecule has 9 rings (SSSR count). The minimum absolute atomic E-state index is 0.0807. The highest BCUT2D eigenvalue weighted by Gasteiger charge is 2.66. The second-order valence-electron chi connectivity index (χ2n) is 15.7. The van der Waals surface area contributed by atoms with Crippen molar-refractivity contribution in [2.75, 3.05) is 16.4 Å². The second-order valence-corrected chi connectivity index (χ2v) is 15.7. The van der Waals surface area contributed by atoms with E-state index in [1.807, 2.05) is 116 Å². The summed E-state index contributed by atoms with van der Waals surface area (Å²) >= 11 is 0. The van der Waals surface area contributed by atoms with Crippen LogP contribution in [0.15, 0.2) is 109 Å². The van der Waals surface area contributed by atoms with E-state index in [-0.39, 0.29) is 37.3 Å². The molecular weight excluding hydrogens is 682 g/mol. The summed E-state index contributed by atoms with van der Waals surface area (Å²) in [6.45, 7) is 5.25. The molecule has 1 fully saturated rings. The van der Waals surface area contributed by atoms with Crippen LogP contribution in [-0.2, 0) is 39.4 Å². The van der Waals surface area contributed by atoms with Gasteiger partial charge in [0.1, 0.15) is 5.67 Å². The third kappa shape index (κ3) is 5.12. The van der Waals surface area contributed by atoms with Gasteiger partial charge in [-0.1, -0.05) is 85.8 Å². The number of aliphatic hydroxyl groups is 1. The number of ether oxygens (including phenoxy) is 1. The number of benzene rings is 5. The highest BCUT2D eigenvalue weighted by atomic mass is 19.1. The van der Waals surface area contributed by atoms with Gasteiger partial charge in [-0.2, -0.15) is 0 Å². The first-order chi connectivity index (χ1) is 26.0. The number of aliphatic hydroxyl groups excluding tert-OH is 1. The molecular formula is C45H42FN3O5. The Morgan fingerprint density at radius 2 is 1.57 bits per heavy atom. The number of amides is 3. The molecule has 4 aliphatic heterocycles. The van der Waals surface area contributed by atoms with E-state index >= 15 is 4.39 Å². The zero-order valence-electron chi connectivity index (χ0n) is 30.5. The topological polar surface area (TPSA) is 90.4 Å². The number of para-hydroxylation sites is 1. The number of hydrogen-bond acceptors (Lipinski definition) is 5. The van der Waals surface area contributed by atoms with E-state index in [0.29, 0.717) is 29.8 Å². The summed E-state index contributed by atoms with van der Waals surface area (Å²) in [6.07, 6.45) is -0.471. The van der Waals surface area contributed by atoms with E-state index in [0.717, 1.165) is 38.8 Å². The Bertz CT molecular complexity index is 2330. The molecule has 5 aromatic carbocycles. The molecule has 274 valence electrons. The van der Waals surface area contributed by atoms with Crippen LogP contribution in [-0.4, -0.2) is 52.1 Å². The van der Waals surface area contributed by atoms with E-state index in [2.05, 4.69) is 0 Å². The van der Waals surface area contributed by atoms with Gasteiger partial charge in [0.05, 0.1) is 48.7 Å². The molecule has 5 aromatic rings. The fraction of sp³-hybridized carbons (Fsp3) is 0.311. The predicted octanol–water partition coefficient (Wildman–Crippen LogP) is 7.61. The first kappa shape index (κ1) is 34.4. The van der Waals surface area contributed by atoms with Crippen molar-refractivity contribution < 1.29 is 28.6 Å². The number of fused-ring (bicyclic) bond motifs is 3. The molecule has 1 saturated heterocycles. The molecule has 8 nitrogen and oxygen atoms in total. The van der Waals surface area contributed by atoms with Crippen molar-refractivity contribution in [1.29, 1.82) is 0 Å². The van der Waals surface area contributed by atoms with E-state index in [4.69, 9.17) is 4.74 Å². The molecule has 54 heavy (non-hydrogen) atoms. The molecule has 0 bridgehead atoms. The monoisotopic (exact) mass is 723 g/mol. The number of halogens is 1.